The second-order valence-corrected chi connectivity index (χ2v) is 9.29. The summed E-state index contributed by atoms with van der Waals surface area (Å²) in [6, 6.07) is 19.3. The van der Waals surface area contributed by atoms with Crippen molar-refractivity contribution in [2.75, 3.05) is 6.61 Å². The molecule has 0 heterocycles. The molecule has 37 heavy (non-hydrogen) atoms. The average molecular weight is 522 g/mol. The number of halogens is 1. The lowest BCUT2D eigenvalue weighted by atomic mass is 10.0. The molecule has 3 rings (SSSR count). The highest BCUT2D eigenvalue weighted by molar-refractivity contribution is 6.31. The highest BCUT2D eigenvalue weighted by Crippen LogP contribution is 2.29. The van der Waals surface area contributed by atoms with Crippen LogP contribution in [0.5, 0.6) is 11.5 Å². The van der Waals surface area contributed by atoms with Crippen molar-refractivity contribution in [2.24, 2.45) is 11.0 Å². The fourth-order valence-electron chi connectivity index (χ4n) is 3.58. The minimum Gasteiger partial charge on any atom is -0.490 e. The predicted molar refractivity (Wildman–Crippen MR) is 146 cm³/mol. The van der Waals surface area contributed by atoms with E-state index in [0.717, 1.165) is 11.1 Å². The van der Waals surface area contributed by atoms with Crippen LogP contribution in [0.15, 0.2) is 71.8 Å². The number of hydrazone groups is 1. The molecule has 2 amide bonds. The summed E-state index contributed by atoms with van der Waals surface area (Å²) in [5.74, 6) is 0.229. The van der Waals surface area contributed by atoms with Gasteiger partial charge in [-0.15, -0.1) is 0 Å². The molecule has 1 unspecified atom stereocenters. The summed E-state index contributed by atoms with van der Waals surface area (Å²) in [5, 5.41) is 7.28. The summed E-state index contributed by atoms with van der Waals surface area (Å²) < 4.78 is 11.7. The summed E-state index contributed by atoms with van der Waals surface area (Å²) in [4.78, 5) is 25.4. The van der Waals surface area contributed by atoms with Crippen LogP contribution in [0.25, 0.3) is 0 Å². The van der Waals surface area contributed by atoms with Crippen molar-refractivity contribution in [3.05, 3.63) is 94.0 Å². The predicted octanol–water partition coefficient (Wildman–Crippen LogP) is 5.53. The number of nitrogens with zero attached hydrogens (tertiary/aromatic N) is 1. The number of carbonyl (C=O) groups excluding carboxylic acids is 2. The number of rotatable bonds is 11. The molecular formula is C29H32ClN3O4. The Morgan fingerprint density at radius 3 is 2.49 bits per heavy atom. The van der Waals surface area contributed by atoms with E-state index in [2.05, 4.69) is 21.9 Å². The number of amides is 2. The van der Waals surface area contributed by atoms with Gasteiger partial charge in [0.2, 0.25) is 0 Å². The largest absolute Gasteiger partial charge is 0.490 e. The number of ether oxygens (including phenoxy) is 2. The van der Waals surface area contributed by atoms with Crippen LogP contribution >= 0.6 is 11.6 Å². The van der Waals surface area contributed by atoms with Crippen molar-refractivity contribution in [3.8, 4) is 11.5 Å². The van der Waals surface area contributed by atoms with Gasteiger partial charge in [-0.2, -0.15) is 5.10 Å². The second kappa shape index (κ2) is 13.5. The molecule has 0 aliphatic rings. The number of nitrogens with one attached hydrogen (secondary N) is 2. The van der Waals surface area contributed by atoms with Gasteiger partial charge in [0.05, 0.1) is 12.8 Å². The van der Waals surface area contributed by atoms with Crippen LogP contribution in [-0.2, 0) is 11.4 Å². The monoisotopic (exact) mass is 521 g/mol. The molecule has 1 atom stereocenters. The smallest absolute Gasteiger partial charge is 0.262 e. The van der Waals surface area contributed by atoms with Gasteiger partial charge in [0.1, 0.15) is 12.6 Å². The van der Waals surface area contributed by atoms with E-state index >= 15 is 0 Å². The molecule has 0 fully saturated rings. The molecule has 2 N–H and O–H groups in total. The van der Waals surface area contributed by atoms with E-state index in [9.17, 15) is 9.59 Å². The zero-order chi connectivity index (χ0) is 26.8. The molecular weight excluding hydrogens is 490 g/mol. The first-order valence-electron chi connectivity index (χ1n) is 12.1. The number of benzene rings is 3. The lowest BCUT2D eigenvalue weighted by molar-refractivity contribution is -0.123. The Hall–Kier alpha value is -3.84. The van der Waals surface area contributed by atoms with Crippen molar-refractivity contribution in [1.82, 2.24) is 10.7 Å². The van der Waals surface area contributed by atoms with E-state index in [1.54, 1.807) is 30.3 Å². The molecule has 0 aliphatic heterocycles. The van der Waals surface area contributed by atoms with Crippen LogP contribution in [-0.4, -0.2) is 30.7 Å². The van der Waals surface area contributed by atoms with Crippen LogP contribution in [0.3, 0.4) is 0 Å². The van der Waals surface area contributed by atoms with E-state index in [-0.39, 0.29) is 11.8 Å². The number of carbonyl (C=O) groups is 2. The molecule has 0 saturated carbocycles. The normalized spacial score (nSPS) is 11.8. The zero-order valence-corrected chi connectivity index (χ0v) is 22.2. The SMILES string of the molecule is CCOc1cc(C=NNC(=O)C(NC(=O)c2cccc(Cl)c2)C(C)C)ccc1OCc1cccc(C)c1. The highest BCUT2D eigenvalue weighted by Gasteiger charge is 2.24. The Balaban J connectivity index is 1.64. The summed E-state index contributed by atoms with van der Waals surface area (Å²) in [7, 11) is 0. The van der Waals surface area contributed by atoms with E-state index < -0.39 is 11.9 Å². The van der Waals surface area contributed by atoms with E-state index in [1.807, 2.05) is 58.0 Å². The Bertz CT molecular complexity index is 1260. The maximum absolute atomic E-state index is 12.8. The molecule has 0 spiro atoms. The summed E-state index contributed by atoms with van der Waals surface area (Å²) in [6.45, 7) is 8.52. The topological polar surface area (TPSA) is 89.0 Å². The molecule has 7 nitrogen and oxygen atoms in total. The van der Waals surface area contributed by atoms with Crippen molar-refractivity contribution >= 4 is 29.6 Å². The van der Waals surface area contributed by atoms with E-state index in [4.69, 9.17) is 21.1 Å². The van der Waals surface area contributed by atoms with Crippen molar-refractivity contribution in [2.45, 2.75) is 40.3 Å². The summed E-state index contributed by atoms with van der Waals surface area (Å²) in [6.07, 6.45) is 1.51. The van der Waals surface area contributed by atoms with Crippen LogP contribution in [0.2, 0.25) is 5.02 Å². The van der Waals surface area contributed by atoms with Gasteiger partial charge < -0.3 is 14.8 Å². The molecule has 0 bridgehead atoms. The van der Waals surface area contributed by atoms with Crippen LogP contribution in [0, 0.1) is 12.8 Å². The first-order valence-corrected chi connectivity index (χ1v) is 12.5. The Morgan fingerprint density at radius 1 is 1.00 bits per heavy atom. The van der Waals surface area contributed by atoms with Crippen LogP contribution in [0.4, 0.5) is 0 Å². The van der Waals surface area contributed by atoms with Gasteiger partial charge >= 0.3 is 0 Å². The summed E-state index contributed by atoms with van der Waals surface area (Å²) >= 11 is 5.97. The molecule has 8 heteroatoms. The molecule has 0 aliphatic carbocycles. The third kappa shape index (κ3) is 8.36. The second-order valence-electron chi connectivity index (χ2n) is 8.86. The Morgan fingerprint density at radius 2 is 1.78 bits per heavy atom. The van der Waals surface area contributed by atoms with Gasteiger partial charge in [-0.3, -0.25) is 9.59 Å². The van der Waals surface area contributed by atoms with E-state index in [0.29, 0.717) is 35.3 Å². The maximum atomic E-state index is 12.8. The lowest BCUT2D eigenvalue weighted by Gasteiger charge is -2.20. The minimum absolute atomic E-state index is 0.160. The first-order chi connectivity index (χ1) is 17.8. The highest BCUT2D eigenvalue weighted by atomic mass is 35.5. The first kappa shape index (κ1) is 27.7. The Kier molecular flexibility index (Phi) is 10.1. The fourth-order valence-corrected chi connectivity index (χ4v) is 3.78. The van der Waals surface area contributed by atoms with Gasteiger partial charge in [-0.25, -0.2) is 5.43 Å². The van der Waals surface area contributed by atoms with E-state index in [1.165, 1.54) is 11.8 Å². The average Bonchev–Trinajstić information content (AvgIpc) is 2.86. The lowest BCUT2D eigenvalue weighted by Crippen LogP contribution is -2.48. The molecule has 3 aromatic carbocycles. The van der Waals surface area contributed by atoms with Gasteiger partial charge in [0, 0.05) is 10.6 Å². The zero-order valence-electron chi connectivity index (χ0n) is 21.5. The quantitative estimate of drug-likeness (QED) is 0.256. The van der Waals surface area contributed by atoms with Crippen molar-refractivity contribution in [1.29, 1.82) is 0 Å². The van der Waals surface area contributed by atoms with Gasteiger partial charge in [-0.05, 0) is 67.3 Å². The number of aryl methyl sites for hydroxylation is 1. The molecule has 194 valence electrons. The number of hydrogen-bond donors (Lipinski definition) is 2. The summed E-state index contributed by atoms with van der Waals surface area (Å²) in [5.41, 5.74) is 5.85. The Labute approximate surface area is 222 Å². The van der Waals surface area contributed by atoms with Gasteiger partial charge in [0.25, 0.3) is 11.8 Å². The van der Waals surface area contributed by atoms with Crippen molar-refractivity contribution < 1.29 is 19.1 Å². The number of hydrogen-bond acceptors (Lipinski definition) is 5. The minimum atomic E-state index is -0.778. The third-order valence-corrected chi connectivity index (χ3v) is 5.69. The molecule has 0 aromatic heterocycles. The van der Waals surface area contributed by atoms with Crippen LogP contribution in [0.1, 0.15) is 47.8 Å². The van der Waals surface area contributed by atoms with Crippen LogP contribution < -0.4 is 20.2 Å². The fraction of sp³-hybridized carbons (Fsp3) is 0.276. The standard InChI is InChI=1S/C29H32ClN3O4/c1-5-36-26-15-21(12-13-25(26)37-18-22-9-6-8-20(4)14-22)17-31-33-29(35)27(19(2)3)32-28(34)23-10-7-11-24(30)16-23/h6-17,19,27H,5,18H2,1-4H3,(H,32,34)(H,33,35). The van der Waals surface area contributed by atoms with Gasteiger partial charge in [-0.1, -0.05) is 61.3 Å². The van der Waals surface area contributed by atoms with Crippen molar-refractivity contribution in [3.63, 3.8) is 0 Å². The molecule has 0 radical (unpaired) electrons. The van der Waals surface area contributed by atoms with Gasteiger partial charge in [0.15, 0.2) is 11.5 Å². The molecule has 0 saturated heterocycles. The molecule has 3 aromatic rings. The third-order valence-electron chi connectivity index (χ3n) is 5.46. The maximum Gasteiger partial charge on any atom is 0.262 e.